The third kappa shape index (κ3) is 4.98. The Morgan fingerprint density at radius 2 is 1.54 bits per heavy atom. The number of hydrogen-bond acceptors (Lipinski definition) is 4. The van der Waals surface area contributed by atoms with Crippen LogP contribution in [0.2, 0.25) is 0 Å². The summed E-state index contributed by atoms with van der Waals surface area (Å²) in [5.74, 6) is -0.488. The smallest absolute Gasteiger partial charge is 0.312 e. The molecule has 2 aromatic carbocycles. The van der Waals surface area contributed by atoms with E-state index in [4.69, 9.17) is 10.2 Å². The molecule has 1 heterocycles. The molecule has 0 atom stereocenters. The van der Waals surface area contributed by atoms with Gasteiger partial charge in [0.25, 0.3) is 11.8 Å². The van der Waals surface area contributed by atoms with E-state index in [1.165, 1.54) is 6.26 Å². The van der Waals surface area contributed by atoms with E-state index in [-0.39, 0.29) is 24.1 Å². The number of anilines is 2. The van der Waals surface area contributed by atoms with Crippen LogP contribution in [-0.2, 0) is 6.54 Å². The Balaban J connectivity index is 1.62. The minimum absolute atomic E-state index is 0.195. The topological polar surface area (TPSA) is 126 Å². The highest BCUT2D eigenvalue weighted by Gasteiger charge is 2.10. The monoisotopic (exact) mass is 378 g/mol. The zero-order valence-corrected chi connectivity index (χ0v) is 14.8. The van der Waals surface area contributed by atoms with E-state index >= 15 is 0 Å². The van der Waals surface area contributed by atoms with Crippen molar-refractivity contribution >= 4 is 29.2 Å². The van der Waals surface area contributed by atoms with Crippen LogP contribution >= 0.6 is 0 Å². The summed E-state index contributed by atoms with van der Waals surface area (Å²) in [6.45, 7) is 0.286. The number of benzene rings is 2. The Morgan fingerprint density at radius 3 is 2.14 bits per heavy atom. The second-order valence-electron chi connectivity index (χ2n) is 5.88. The van der Waals surface area contributed by atoms with Gasteiger partial charge in [-0.2, -0.15) is 0 Å². The van der Waals surface area contributed by atoms with Crippen LogP contribution in [0.4, 0.5) is 16.2 Å². The van der Waals surface area contributed by atoms with Crippen molar-refractivity contribution in [1.82, 2.24) is 5.32 Å². The molecule has 3 aromatic rings. The molecule has 0 unspecified atom stereocenters. The molecule has 8 nitrogen and oxygen atoms in total. The summed E-state index contributed by atoms with van der Waals surface area (Å²) < 4.78 is 5.05. The van der Waals surface area contributed by atoms with Crippen molar-refractivity contribution in [2.45, 2.75) is 6.54 Å². The van der Waals surface area contributed by atoms with Gasteiger partial charge in [0.1, 0.15) is 0 Å². The van der Waals surface area contributed by atoms with Gasteiger partial charge < -0.3 is 26.1 Å². The van der Waals surface area contributed by atoms with Crippen molar-refractivity contribution in [3.8, 4) is 0 Å². The van der Waals surface area contributed by atoms with Gasteiger partial charge in [-0.1, -0.05) is 18.2 Å². The van der Waals surface area contributed by atoms with Crippen molar-refractivity contribution in [3.63, 3.8) is 0 Å². The van der Waals surface area contributed by atoms with Crippen LogP contribution in [0.25, 0.3) is 0 Å². The fraction of sp³-hybridized carbons (Fsp3) is 0.0500. The molecule has 0 saturated carbocycles. The van der Waals surface area contributed by atoms with Crippen molar-refractivity contribution in [1.29, 1.82) is 0 Å². The molecule has 5 N–H and O–H groups in total. The number of primary amides is 1. The van der Waals surface area contributed by atoms with Crippen molar-refractivity contribution in [3.05, 3.63) is 83.8 Å². The number of rotatable bonds is 6. The average Bonchev–Trinajstić information content (AvgIpc) is 3.22. The van der Waals surface area contributed by atoms with Gasteiger partial charge in [-0.25, -0.2) is 4.79 Å². The minimum Gasteiger partial charge on any atom is -0.459 e. The lowest BCUT2D eigenvalue weighted by atomic mass is 10.1. The maximum absolute atomic E-state index is 12.4. The van der Waals surface area contributed by atoms with E-state index in [0.29, 0.717) is 16.9 Å². The highest BCUT2D eigenvalue weighted by Crippen LogP contribution is 2.17. The molecule has 0 spiro atoms. The maximum Gasteiger partial charge on any atom is 0.312 e. The second-order valence-corrected chi connectivity index (χ2v) is 5.88. The number of hydrogen-bond donors (Lipinski definition) is 4. The Kier molecular flexibility index (Phi) is 5.71. The zero-order chi connectivity index (χ0) is 19.9. The van der Waals surface area contributed by atoms with Crippen LogP contribution < -0.4 is 21.7 Å². The molecule has 0 bridgehead atoms. The third-order valence-electron chi connectivity index (χ3n) is 3.81. The van der Waals surface area contributed by atoms with Crippen LogP contribution in [0.1, 0.15) is 26.5 Å². The number of urea groups is 1. The summed E-state index contributed by atoms with van der Waals surface area (Å²) in [4.78, 5) is 35.2. The summed E-state index contributed by atoms with van der Waals surface area (Å²) in [5, 5.41) is 7.95. The predicted molar refractivity (Wildman–Crippen MR) is 104 cm³/mol. The highest BCUT2D eigenvalue weighted by molar-refractivity contribution is 6.05. The van der Waals surface area contributed by atoms with E-state index < -0.39 is 6.03 Å². The first-order valence-corrected chi connectivity index (χ1v) is 8.40. The fourth-order valence-electron chi connectivity index (χ4n) is 2.44. The summed E-state index contributed by atoms with van der Waals surface area (Å²) in [7, 11) is 0. The van der Waals surface area contributed by atoms with Gasteiger partial charge in [0.15, 0.2) is 5.76 Å². The van der Waals surface area contributed by atoms with Crippen LogP contribution in [0.15, 0.2) is 71.3 Å². The van der Waals surface area contributed by atoms with E-state index in [1.807, 2.05) is 0 Å². The van der Waals surface area contributed by atoms with Crippen LogP contribution in [0, 0.1) is 0 Å². The quantitative estimate of drug-likeness (QED) is 0.526. The molecule has 28 heavy (non-hydrogen) atoms. The number of nitrogens with two attached hydrogens (primary N) is 1. The molecule has 0 fully saturated rings. The minimum atomic E-state index is -0.610. The van der Waals surface area contributed by atoms with Gasteiger partial charge in [-0.15, -0.1) is 0 Å². The normalized spacial score (nSPS) is 10.1. The van der Waals surface area contributed by atoms with Crippen LogP contribution in [0.5, 0.6) is 0 Å². The number of amides is 4. The van der Waals surface area contributed by atoms with Crippen molar-refractivity contribution < 1.29 is 18.8 Å². The summed E-state index contributed by atoms with van der Waals surface area (Å²) in [6, 6.07) is 16.1. The molecule has 0 aliphatic carbocycles. The van der Waals surface area contributed by atoms with Gasteiger partial charge in [-0.3, -0.25) is 9.59 Å². The summed E-state index contributed by atoms with van der Waals surface area (Å²) in [6.07, 6.45) is 1.42. The first kappa shape index (κ1) is 18.7. The lowest BCUT2D eigenvalue weighted by Crippen LogP contribution is -2.28. The number of furan rings is 1. The number of carbonyl (C=O) groups excluding carboxylic acids is 3. The molecule has 1 aromatic heterocycles. The van der Waals surface area contributed by atoms with E-state index in [0.717, 1.165) is 5.56 Å². The summed E-state index contributed by atoms with van der Waals surface area (Å²) in [5.41, 5.74) is 7.35. The largest absolute Gasteiger partial charge is 0.459 e. The van der Waals surface area contributed by atoms with Crippen molar-refractivity contribution in [2.24, 2.45) is 5.73 Å². The molecule has 0 aliphatic heterocycles. The summed E-state index contributed by atoms with van der Waals surface area (Å²) >= 11 is 0. The van der Waals surface area contributed by atoms with E-state index in [9.17, 15) is 14.4 Å². The SMILES string of the molecule is NC(=O)NCc1ccc(C(=O)Nc2cccc(NC(=O)c3ccco3)c2)cc1. The van der Waals surface area contributed by atoms with Crippen LogP contribution in [0.3, 0.4) is 0 Å². The lowest BCUT2D eigenvalue weighted by molar-refractivity contribution is 0.0995. The maximum atomic E-state index is 12.4. The molecule has 4 amide bonds. The van der Waals surface area contributed by atoms with E-state index in [1.54, 1.807) is 60.7 Å². The van der Waals surface area contributed by atoms with Gasteiger partial charge in [-0.05, 0) is 48.0 Å². The van der Waals surface area contributed by atoms with Gasteiger partial charge in [0.05, 0.1) is 6.26 Å². The van der Waals surface area contributed by atoms with Crippen LogP contribution in [-0.4, -0.2) is 17.8 Å². The Labute approximate surface area is 160 Å². The Bertz CT molecular complexity index is 982. The van der Waals surface area contributed by atoms with Gasteiger partial charge in [0.2, 0.25) is 0 Å². The second kappa shape index (κ2) is 8.54. The predicted octanol–water partition coefficient (Wildman–Crippen LogP) is 2.95. The standard InChI is InChI=1S/C20H18N4O4/c21-20(27)22-12-13-6-8-14(9-7-13)18(25)23-15-3-1-4-16(11-15)24-19(26)17-5-2-10-28-17/h1-11H,12H2,(H,23,25)(H,24,26)(H3,21,22,27). The molecule has 0 radical (unpaired) electrons. The highest BCUT2D eigenvalue weighted by atomic mass is 16.3. The Hall–Kier alpha value is -4.07. The zero-order valence-electron chi connectivity index (χ0n) is 14.8. The molecule has 142 valence electrons. The number of carbonyl (C=O) groups is 3. The number of nitrogens with one attached hydrogen (secondary N) is 3. The first-order chi connectivity index (χ1) is 13.5. The molecular weight excluding hydrogens is 360 g/mol. The van der Waals surface area contributed by atoms with Gasteiger partial charge in [0, 0.05) is 23.5 Å². The fourth-order valence-corrected chi connectivity index (χ4v) is 2.44. The molecule has 0 saturated heterocycles. The first-order valence-electron chi connectivity index (χ1n) is 8.40. The van der Waals surface area contributed by atoms with E-state index in [2.05, 4.69) is 16.0 Å². The lowest BCUT2D eigenvalue weighted by Gasteiger charge is -2.09. The van der Waals surface area contributed by atoms with Crippen molar-refractivity contribution in [2.75, 3.05) is 10.6 Å². The Morgan fingerprint density at radius 1 is 0.857 bits per heavy atom. The third-order valence-corrected chi connectivity index (χ3v) is 3.81. The molecular formula is C20H18N4O4. The molecule has 0 aliphatic rings. The van der Waals surface area contributed by atoms with Gasteiger partial charge >= 0.3 is 6.03 Å². The molecule has 8 heteroatoms. The average molecular weight is 378 g/mol. The molecule has 3 rings (SSSR count).